The molecule has 0 aromatic carbocycles. The van der Waals surface area contributed by atoms with Crippen molar-refractivity contribution in [2.75, 3.05) is 11.9 Å². The van der Waals surface area contributed by atoms with E-state index >= 15 is 0 Å². The van der Waals surface area contributed by atoms with Crippen molar-refractivity contribution in [1.82, 2.24) is 18.7 Å². The average molecular weight is 314 g/mol. The van der Waals surface area contributed by atoms with E-state index in [0.29, 0.717) is 12.5 Å². The highest BCUT2D eigenvalue weighted by Crippen LogP contribution is 2.19. The smallest absolute Gasteiger partial charge is 0.332 e. The molecule has 3 heterocycles. The summed E-state index contributed by atoms with van der Waals surface area (Å²) in [6.45, 7) is 1.43. The summed E-state index contributed by atoms with van der Waals surface area (Å²) < 4.78 is 4.37. The molecule has 0 amide bonds. The first kappa shape index (κ1) is 15.1. The number of anilines is 1. The summed E-state index contributed by atoms with van der Waals surface area (Å²) in [5.41, 5.74) is -1.05. The van der Waals surface area contributed by atoms with Gasteiger partial charge < -0.3 is 9.88 Å². The molecule has 1 aliphatic rings. The van der Waals surface area contributed by atoms with Crippen LogP contribution in [0.5, 0.6) is 0 Å². The Morgan fingerprint density at radius 1 is 1.39 bits per heavy atom. The van der Waals surface area contributed by atoms with Gasteiger partial charge >= 0.3 is 5.69 Å². The molecule has 2 aromatic rings. The van der Waals surface area contributed by atoms with E-state index in [0.717, 1.165) is 29.8 Å². The lowest BCUT2D eigenvalue weighted by Crippen LogP contribution is -2.40. The van der Waals surface area contributed by atoms with Crippen molar-refractivity contribution < 1.29 is 0 Å². The molecule has 0 radical (unpaired) electrons. The summed E-state index contributed by atoms with van der Waals surface area (Å²) in [6.07, 6.45) is 5.63. The molecule has 1 N–H and O–H groups in total. The highest BCUT2D eigenvalue weighted by molar-refractivity contribution is 5.51. The van der Waals surface area contributed by atoms with Gasteiger partial charge in [0.2, 0.25) is 0 Å². The molecule has 23 heavy (non-hydrogen) atoms. The Morgan fingerprint density at radius 2 is 2.17 bits per heavy atom. The van der Waals surface area contributed by atoms with Crippen molar-refractivity contribution >= 4 is 5.82 Å². The summed E-state index contributed by atoms with van der Waals surface area (Å²) >= 11 is 0. The van der Waals surface area contributed by atoms with E-state index in [4.69, 9.17) is 0 Å². The molecule has 120 valence electrons. The highest BCUT2D eigenvalue weighted by Gasteiger charge is 2.20. The van der Waals surface area contributed by atoms with E-state index in [1.807, 2.05) is 12.3 Å². The van der Waals surface area contributed by atoms with Gasteiger partial charge in [0.1, 0.15) is 17.7 Å². The molecule has 8 heteroatoms. The van der Waals surface area contributed by atoms with Gasteiger partial charge in [-0.25, -0.2) is 9.78 Å². The number of hydrogen-bond acceptors (Lipinski definition) is 5. The number of nitriles is 1. The second kappa shape index (κ2) is 5.76. The summed E-state index contributed by atoms with van der Waals surface area (Å²) in [7, 11) is 2.93. The molecule has 2 aromatic heterocycles. The summed E-state index contributed by atoms with van der Waals surface area (Å²) in [6, 6.07) is 1.90. The fourth-order valence-electron chi connectivity index (χ4n) is 3.00. The van der Waals surface area contributed by atoms with Crippen molar-refractivity contribution in [3.63, 3.8) is 0 Å². The topological polar surface area (TPSA) is 97.6 Å². The molecule has 0 bridgehead atoms. The van der Waals surface area contributed by atoms with Crippen LogP contribution < -0.4 is 16.6 Å². The van der Waals surface area contributed by atoms with Gasteiger partial charge in [-0.1, -0.05) is 0 Å². The number of rotatable bonds is 3. The third kappa shape index (κ3) is 2.54. The molecular weight excluding hydrogens is 296 g/mol. The van der Waals surface area contributed by atoms with Gasteiger partial charge in [0.05, 0.1) is 0 Å². The minimum Gasteiger partial charge on any atom is -0.370 e. The van der Waals surface area contributed by atoms with E-state index in [1.54, 1.807) is 13.2 Å². The first-order chi connectivity index (χ1) is 11.0. The van der Waals surface area contributed by atoms with Crippen LogP contribution in [0.2, 0.25) is 0 Å². The SMILES string of the molecule is Cn1c(NC[C@@H]2CCc3nccn3C2)c(C#N)c(=O)n(C)c1=O. The summed E-state index contributed by atoms with van der Waals surface area (Å²) in [5.74, 6) is 1.72. The maximum atomic E-state index is 12.0. The van der Waals surface area contributed by atoms with Crippen molar-refractivity contribution in [1.29, 1.82) is 5.26 Å². The lowest BCUT2D eigenvalue weighted by molar-refractivity contribution is 0.380. The van der Waals surface area contributed by atoms with Crippen LogP contribution in [0.4, 0.5) is 5.82 Å². The normalized spacial score (nSPS) is 16.7. The predicted molar refractivity (Wildman–Crippen MR) is 84.2 cm³/mol. The standard InChI is InChI=1S/C15H18N6O2/c1-19-13(11(7-16)14(22)20(2)15(19)23)18-8-10-3-4-12-17-5-6-21(12)9-10/h5-6,10,18H,3-4,8-9H2,1-2H3/t10-/m0/s1. The van der Waals surface area contributed by atoms with Crippen LogP contribution in [0.15, 0.2) is 22.0 Å². The minimum absolute atomic E-state index is 0.0336. The first-order valence-electron chi connectivity index (χ1n) is 7.47. The number of aromatic nitrogens is 4. The molecule has 0 aliphatic carbocycles. The second-order valence-corrected chi connectivity index (χ2v) is 5.82. The van der Waals surface area contributed by atoms with E-state index in [2.05, 4.69) is 14.9 Å². The van der Waals surface area contributed by atoms with Crippen LogP contribution >= 0.6 is 0 Å². The van der Waals surface area contributed by atoms with E-state index < -0.39 is 11.2 Å². The zero-order valence-electron chi connectivity index (χ0n) is 13.1. The zero-order valence-corrected chi connectivity index (χ0v) is 13.1. The Labute approximate surface area is 132 Å². The quantitative estimate of drug-likeness (QED) is 0.848. The Kier molecular flexibility index (Phi) is 3.78. The maximum absolute atomic E-state index is 12.0. The van der Waals surface area contributed by atoms with Crippen LogP contribution in [0, 0.1) is 17.2 Å². The third-order valence-electron chi connectivity index (χ3n) is 4.37. The Morgan fingerprint density at radius 3 is 2.91 bits per heavy atom. The lowest BCUT2D eigenvalue weighted by Gasteiger charge is -2.25. The number of aryl methyl sites for hydroxylation is 1. The van der Waals surface area contributed by atoms with Crippen molar-refractivity contribution in [2.24, 2.45) is 20.0 Å². The molecule has 0 fully saturated rings. The highest BCUT2D eigenvalue weighted by atomic mass is 16.2. The number of nitrogens with zero attached hydrogens (tertiary/aromatic N) is 5. The molecule has 1 aliphatic heterocycles. The van der Waals surface area contributed by atoms with Gasteiger partial charge in [0, 0.05) is 46.0 Å². The second-order valence-electron chi connectivity index (χ2n) is 5.82. The van der Waals surface area contributed by atoms with Crippen LogP contribution in [-0.4, -0.2) is 25.2 Å². The van der Waals surface area contributed by atoms with Crippen molar-refractivity contribution in [3.05, 3.63) is 44.6 Å². The number of nitrogens with one attached hydrogen (secondary N) is 1. The number of hydrogen-bond donors (Lipinski definition) is 1. The first-order valence-corrected chi connectivity index (χ1v) is 7.47. The Bertz CT molecular complexity index is 898. The third-order valence-corrected chi connectivity index (χ3v) is 4.37. The molecular formula is C15H18N6O2. The molecule has 0 spiro atoms. The van der Waals surface area contributed by atoms with E-state index in [1.165, 1.54) is 11.6 Å². The van der Waals surface area contributed by atoms with Crippen molar-refractivity contribution in [2.45, 2.75) is 19.4 Å². The van der Waals surface area contributed by atoms with Gasteiger partial charge in [0.15, 0.2) is 5.56 Å². The number of imidazole rings is 1. The number of fused-ring (bicyclic) bond motifs is 1. The molecule has 1 atom stereocenters. The van der Waals surface area contributed by atoms with E-state index in [-0.39, 0.29) is 11.4 Å². The lowest BCUT2D eigenvalue weighted by atomic mass is 9.99. The van der Waals surface area contributed by atoms with Crippen LogP contribution in [-0.2, 0) is 27.1 Å². The van der Waals surface area contributed by atoms with Gasteiger partial charge in [-0.15, -0.1) is 0 Å². The molecule has 8 nitrogen and oxygen atoms in total. The van der Waals surface area contributed by atoms with Gasteiger partial charge in [-0.2, -0.15) is 5.26 Å². The average Bonchev–Trinajstić information content (AvgIpc) is 3.02. The monoisotopic (exact) mass is 314 g/mol. The van der Waals surface area contributed by atoms with Crippen LogP contribution in [0.1, 0.15) is 17.8 Å². The largest absolute Gasteiger partial charge is 0.370 e. The fourth-order valence-corrected chi connectivity index (χ4v) is 3.00. The van der Waals surface area contributed by atoms with Crippen molar-refractivity contribution in [3.8, 4) is 6.07 Å². The van der Waals surface area contributed by atoms with Crippen LogP contribution in [0.3, 0.4) is 0 Å². The molecule has 3 rings (SSSR count). The maximum Gasteiger partial charge on any atom is 0.332 e. The summed E-state index contributed by atoms with van der Waals surface area (Å²) in [5, 5.41) is 12.4. The zero-order chi connectivity index (χ0) is 16.6. The molecule has 0 unspecified atom stereocenters. The Balaban J connectivity index is 1.83. The molecule has 0 saturated carbocycles. The Hall–Kier alpha value is -2.82. The van der Waals surface area contributed by atoms with Gasteiger partial charge in [-0.3, -0.25) is 13.9 Å². The van der Waals surface area contributed by atoms with Crippen LogP contribution in [0.25, 0.3) is 0 Å². The van der Waals surface area contributed by atoms with Gasteiger partial charge in [0.25, 0.3) is 5.56 Å². The minimum atomic E-state index is -0.571. The molecule has 0 saturated heterocycles. The fraction of sp³-hybridized carbons (Fsp3) is 0.467. The predicted octanol–water partition coefficient (Wildman–Crippen LogP) is -0.173. The van der Waals surface area contributed by atoms with Gasteiger partial charge in [-0.05, 0) is 12.3 Å². The summed E-state index contributed by atoms with van der Waals surface area (Å²) in [4.78, 5) is 28.4. The van der Waals surface area contributed by atoms with E-state index in [9.17, 15) is 14.9 Å².